The summed E-state index contributed by atoms with van der Waals surface area (Å²) >= 11 is 0. The second kappa shape index (κ2) is 17.1. The van der Waals surface area contributed by atoms with Gasteiger partial charge in [-0.25, -0.2) is 0 Å². The third-order valence-electron chi connectivity index (χ3n) is 7.81. The molecule has 3 rings (SSSR count). The van der Waals surface area contributed by atoms with E-state index < -0.39 is 29.8 Å². The van der Waals surface area contributed by atoms with Crippen LogP contribution in [0, 0.1) is 18.3 Å². The Labute approximate surface area is 259 Å². The van der Waals surface area contributed by atoms with E-state index in [0.29, 0.717) is 24.9 Å². The molecule has 0 aromatic heterocycles. The molecule has 3 atom stereocenters. The van der Waals surface area contributed by atoms with Crippen LogP contribution in [0.5, 0.6) is 0 Å². The van der Waals surface area contributed by atoms with Gasteiger partial charge in [-0.1, -0.05) is 73.4 Å². The number of benzene rings is 2. The topological polar surface area (TPSA) is 216 Å². The fourth-order valence-electron chi connectivity index (χ4n) is 5.39. The minimum absolute atomic E-state index is 0. The molecule has 2 aromatic rings. The lowest BCUT2D eigenvalue weighted by Crippen LogP contribution is -2.56. The third kappa shape index (κ3) is 10.9. The molecule has 12 heteroatoms. The average molecular weight is 613 g/mol. The monoisotopic (exact) mass is 612 g/mol. The summed E-state index contributed by atoms with van der Waals surface area (Å²) < 4.78 is 0. The molecule has 1 fully saturated rings. The highest BCUT2D eigenvalue weighted by Gasteiger charge is 2.35. The molecule has 3 amide bonds. The van der Waals surface area contributed by atoms with Crippen LogP contribution >= 0.6 is 12.4 Å². The van der Waals surface area contributed by atoms with Gasteiger partial charge in [-0.2, -0.15) is 0 Å². The zero-order valence-electron chi connectivity index (χ0n) is 24.7. The average Bonchev–Trinajstić information content (AvgIpc) is 2.97. The van der Waals surface area contributed by atoms with Crippen molar-refractivity contribution in [1.29, 1.82) is 5.41 Å². The van der Waals surface area contributed by atoms with E-state index in [4.69, 9.17) is 28.3 Å². The number of aliphatic imine (C=N–C) groups is 1. The third-order valence-corrected chi connectivity index (χ3v) is 7.81. The second-order valence-corrected chi connectivity index (χ2v) is 11.1. The summed E-state index contributed by atoms with van der Waals surface area (Å²) in [6, 6.07) is 13.3. The van der Waals surface area contributed by atoms with Gasteiger partial charge in [-0.05, 0) is 56.1 Å². The van der Waals surface area contributed by atoms with Crippen LogP contribution in [-0.4, -0.2) is 48.1 Å². The lowest BCUT2D eigenvalue weighted by molar-refractivity contribution is -0.133. The smallest absolute Gasteiger partial charge is 0.243 e. The number of aryl methyl sites for hydroxylation is 1. The molecule has 0 bridgehead atoms. The van der Waals surface area contributed by atoms with Crippen molar-refractivity contribution < 1.29 is 14.4 Å². The van der Waals surface area contributed by atoms with Crippen molar-refractivity contribution >= 4 is 41.9 Å². The van der Waals surface area contributed by atoms with Crippen LogP contribution in [0.2, 0.25) is 0 Å². The van der Waals surface area contributed by atoms with Crippen molar-refractivity contribution in [2.45, 2.75) is 76.3 Å². The SMILES string of the molecule is Cc1ccc([C@H](Cc2ccc(C(=N)N)cc2)C(=O)N[C@H](C(=O)NC(CCCN=C(N)N)C(N)=O)C2CCCCC2)cc1.Cl. The first-order chi connectivity index (χ1) is 20.0. The molecule has 0 heterocycles. The number of hydrogen-bond acceptors (Lipinski definition) is 5. The second-order valence-electron chi connectivity index (χ2n) is 11.1. The van der Waals surface area contributed by atoms with Crippen LogP contribution in [0.3, 0.4) is 0 Å². The molecule has 0 saturated heterocycles. The van der Waals surface area contributed by atoms with Gasteiger partial charge in [0.05, 0.1) is 5.92 Å². The molecule has 1 aliphatic rings. The van der Waals surface area contributed by atoms with Crippen LogP contribution in [0.25, 0.3) is 0 Å². The number of guanidine groups is 1. The van der Waals surface area contributed by atoms with Crippen molar-refractivity contribution in [3.8, 4) is 0 Å². The molecule has 0 aliphatic heterocycles. The van der Waals surface area contributed by atoms with E-state index in [-0.39, 0.29) is 42.4 Å². The molecule has 43 heavy (non-hydrogen) atoms. The Morgan fingerprint density at radius 1 is 0.907 bits per heavy atom. The number of amidine groups is 1. The fourth-order valence-corrected chi connectivity index (χ4v) is 5.39. The number of amides is 3. The molecule has 11 N–H and O–H groups in total. The van der Waals surface area contributed by atoms with E-state index in [9.17, 15) is 14.4 Å². The largest absolute Gasteiger partial charge is 0.384 e. The number of nitrogen functional groups attached to an aromatic ring is 1. The number of carbonyl (C=O) groups excluding carboxylic acids is 3. The first-order valence-electron chi connectivity index (χ1n) is 14.5. The highest BCUT2D eigenvalue weighted by Crippen LogP contribution is 2.28. The van der Waals surface area contributed by atoms with Gasteiger partial charge in [0.15, 0.2) is 5.96 Å². The Hall–Kier alpha value is -4.12. The predicted octanol–water partition coefficient (Wildman–Crippen LogP) is 2.12. The van der Waals surface area contributed by atoms with Crippen molar-refractivity contribution in [2.24, 2.45) is 33.8 Å². The summed E-state index contributed by atoms with van der Waals surface area (Å²) in [5.41, 5.74) is 25.4. The Bertz CT molecular complexity index is 1260. The maximum Gasteiger partial charge on any atom is 0.243 e. The first kappa shape index (κ1) is 35.1. The molecule has 1 unspecified atom stereocenters. The van der Waals surface area contributed by atoms with Crippen LogP contribution in [0.1, 0.15) is 73.1 Å². The lowest BCUT2D eigenvalue weighted by atomic mass is 9.82. The minimum atomic E-state index is -0.914. The quantitative estimate of drug-likeness (QED) is 0.0962. The van der Waals surface area contributed by atoms with E-state index in [1.54, 1.807) is 12.1 Å². The van der Waals surface area contributed by atoms with Crippen molar-refractivity contribution in [3.63, 3.8) is 0 Å². The van der Waals surface area contributed by atoms with Gasteiger partial charge in [0, 0.05) is 12.1 Å². The number of rotatable bonds is 14. The standard InChI is InChI=1S/C31H44N8O3.ClH/c1-19-9-13-21(14-10-19)24(18-20-11-15-23(16-12-20)27(32)33)29(41)39-26(22-6-3-2-4-7-22)30(42)38-25(28(34)40)8-5-17-37-31(35)36;/h9-16,22,24-26H,2-8,17-18H2,1H3,(H3,32,33)(H2,34,40)(H,38,42)(H,39,41)(H4,35,36,37);1H/t24-,25?,26-;/m0./s1. The normalized spacial score (nSPS) is 15.2. The van der Waals surface area contributed by atoms with Crippen LogP contribution < -0.4 is 33.6 Å². The Balaban J connectivity index is 0.00000645. The Morgan fingerprint density at radius 2 is 1.53 bits per heavy atom. The van der Waals surface area contributed by atoms with Gasteiger partial charge in [-0.3, -0.25) is 24.8 Å². The van der Waals surface area contributed by atoms with Gasteiger partial charge < -0.3 is 33.6 Å². The zero-order chi connectivity index (χ0) is 30.6. The molecule has 0 spiro atoms. The van der Waals surface area contributed by atoms with Gasteiger partial charge >= 0.3 is 0 Å². The molecular weight excluding hydrogens is 568 g/mol. The maximum atomic E-state index is 14.0. The number of nitrogens with two attached hydrogens (primary N) is 4. The van der Waals surface area contributed by atoms with Crippen LogP contribution in [-0.2, 0) is 20.8 Å². The van der Waals surface area contributed by atoms with Crippen LogP contribution in [0.15, 0.2) is 53.5 Å². The highest BCUT2D eigenvalue weighted by atomic mass is 35.5. The van der Waals surface area contributed by atoms with Crippen molar-refractivity contribution in [2.75, 3.05) is 6.54 Å². The van der Waals surface area contributed by atoms with Crippen LogP contribution in [0.4, 0.5) is 0 Å². The number of carbonyl (C=O) groups is 3. The summed E-state index contributed by atoms with van der Waals surface area (Å²) in [5, 5.41) is 13.5. The molecule has 0 radical (unpaired) electrons. The first-order valence-corrected chi connectivity index (χ1v) is 14.5. The summed E-state index contributed by atoms with van der Waals surface area (Å²) in [5.74, 6) is -2.06. The van der Waals surface area contributed by atoms with Gasteiger partial charge in [-0.15, -0.1) is 12.4 Å². The predicted molar refractivity (Wildman–Crippen MR) is 172 cm³/mol. The number of nitrogens with zero attached hydrogens (tertiary/aromatic N) is 1. The number of nitrogens with one attached hydrogen (secondary N) is 3. The summed E-state index contributed by atoms with van der Waals surface area (Å²) in [6.07, 6.45) is 5.71. The van der Waals surface area contributed by atoms with E-state index in [1.807, 2.05) is 43.3 Å². The van der Waals surface area contributed by atoms with E-state index in [1.165, 1.54) is 0 Å². The summed E-state index contributed by atoms with van der Waals surface area (Å²) in [6.45, 7) is 2.28. The van der Waals surface area contributed by atoms with Crippen molar-refractivity contribution in [1.82, 2.24) is 10.6 Å². The van der Waals surface area contributed by atoms with Crippen molar-refractivity contribution in [3.05, 3.63) is 70.8 Å². The summed E-state index contributed by atoms with van der Waals surface area (Å²) in [7, 11) is 0. The lowest BCUT2D eigenvalue weighted by Gasteiger charge is -2.32. The molecule has 234 valence electrons. The maximum absolute atomic E-state index is 14.0. The van der Waals surface area contributed by atoms with Gasteiger partial charge in [0.25, 0.3) is 0 Å². The van der Waals surface area contributed by atoms with Gasteiger partial charge in [0.2, 0.25) is 17.7 Å². The Kier molecular flexibility index (Phi) is 14.0. The molecule has 2 aromatic carbocycles. The molecule has 11 nitrogen and oxygen atoms in total. The molecule has 1 saturated carbocycles. The summed E-state index contributed by atoms with van der Waals surface area (Å²) in [4.78, 5) is 43.8. The van der Waals surface area contributed by atoms with E-state index in [0.717, 1.165) is 48.8 Å². The molecular formula is C31H45ClN8O3. The van der Waals surface area contributed by atoms with Gasteiger partial charge in [0.1, 0.15) is 17.9 Å². The highest BCUT2D eigenvalue weighted by molar-refractivity contribution is 5.95. The number of halogens is 1. The van der Waals surface area contributed by atoms with E-state index in [2.05, 4.69) is 15.6 Å². The Morgan fingerprint density at radius 3 is 2.09 bits per heavy atom. The fraction of sp³-hybridized carbons (Fsp3) is 0.452. The number of primary amides is 1. The number of hydrogen-bond donors (Lipinski definition) is 7. The van der Waals surface area contributed by atoms with E-state index >= 15 is 0 Å². The molecule has 1 aliphatic carbocycles. The minimum Gasteiger partial charge on any atom is -0.384 e. The zero-order valence-corrected chi connectivity index (χ0v) is 25.5.